The minimum Gasteiger partial charge on any atom is -0.396 e. The molecule has 0 aromatic heterocycles. The first-order valence-electron chi connectivity index (χ1n) is 7.33. The second kappa shape index (κ2) is 4.94. The van der Waals surface area contributed by atoms with Gasteiger partial charge in [0.2, 0.25) is 5.91 Å². The van der Waals surface area contributed by atoms with Gasteiger partial charge in [-0.15, -0.1) is 0 Å². The molecule has 0 radical (unpaired) electrons. The summed E-state index contributed by atoms with van der Waals surface area (Å²) in [5.41, 5.74) is -1.06. The maximum absolute atomic E-state index is 12.7. The normalized spacial score (nSPS) is 33.9. The molecule has 3 N–H and O–H groups in total. The predicted octanol–water partition coefficient (Wildman–Crippen LogP) is -1.17. The van der Waals surface area contributed by atoms with Crippen molar-refractivity contribution >= 4 is 5.91 Å². The predicted molar refractivity (Wildman–Crippen MR) is 69.7 cm³/mol. The van der Waals surface area contributed by atoms with Crippen LogP contribution >= 0.6 is 0 Å². The fourth-order valence-corrected chi connectivity index (χ4v) is 4.06. The van der Waals surface area contributed by atoms with Crippen molar-refractivity contribution in [2.75, 3.05) is 46.1 Å². The number of amides is 1. The van der Waals surface area contributed by atoms with E-state index in [1.54, 1.807) is 4.90 Å². The molecule has 3 aliphatic rings. The van der Waals surface area contributed by atoms with Gasteiger partial charge in [0.15, 0.2) is 0 Å². The molecule has 2 saturated heterocycles. The fourth-order valence-electron chi connectivity index (χ4n) is 4.06. The van der Waals surface area contributed by atoms with Crippen molar-refractivity contribution in [3.63, 3.8) is 0 Å². The number of hydrogen-bond donors (Lipinski definition) is 3. The van der Waals surface area contributed by atoms with Crippen molar-refractivity contribution in [2.24, 2.45) is 22.7 Å². The number of nitrogens with zero attached hydrogens (tertiary/aromatic N) is 1. The minimum absolute atomic E-state index is 0.0140. The van der Waals surface area contributed by atoms with Gasteiger partial charge in [0.25, 0.3) is 0 Å². The topological polar surface area (TPSA) is 90.2 Å². The first kappa shape index (κ1) is 14.3. The molecule has 1 saturated carbocycles. The largest absolute Gasteiger partial charge is 0.396 e. The van der Waals surface area contributed by atoms with E-state index in [0.717, 1.165) is 0 Å². The third kappa shape index (κ3) is 1.82. The Kier molecular flexibility index (Phi) is 3.52. The van der Waals surface area contributed by atoms with Crippen LogP contribution in [0.25, 0.3) is 0 Å². The van der Waals surface area contributed by atoms with Gasteiger partial charge >= 0.3 is 0 Å². The van der Waals surface area contributed by atoms with Gasteiger partial charge in [-0.25, -0.2) is 0 Å². The number of aliphatic hydroxyl groups excluding tert-OH is 3. The molecule has 3 fully saturated rings. The SMILES string of the molecule is O=C(N1CC2C(C1)C2(CO)CO)C1(CO)CCOCC1. The standard InChI is InChI=1S/C14H23NO5/c16-7-13(1-3-20-4-2-13)12(19)15-5-10-11(6-15)14(10,8-17)9-18/h10-11,16-18H,1-9H2. The van der Waals surface area contributed by atoms with Gasteiger partial charge in [-0.3, -0.25) is 4.79 Å². The van der Waals surface area contributed by atoms with Gasteiger partial charge in [0.05, 0.1) is 25.2 Å². The molecule has 3 rings (SSSR count). The molecule has 0 bridgehead atoms. The molecule has 2 aliphatic heterocycles. The molecule has 2 atom stereocenters. The minimum atomic E-state index is -0.684. The Hall–Kier alpha value is -0.690. The van der Waals surface area contributed by atoms with Crippen LogP contribution in [0.4, 0.5) is 0 Å². The molecule has 20 heavy (non-hydrogen) atoms. The zero-order valence-corrected chi connectivity index (χ0v) is 11.6. The molecular formula is C14H23NO5. The number of piperidine rings is 1. The molecule has 6 nitrogen and oxygen atoms in total. The van der Waals surface area contributed by atoms with E-state index >= 15 is 0 Å². The molecule has 0 aromatic carbocycles. The van der Waals surface area contributed by atoms with Crippen LogP contribution in [-0.4, -0.2) is 72.3 Å². The molecule has 1 amide bonds. The Morgan fingerprint density at radius 3 is 2.05 bits per heavy atom. The first-order valence-corrected chi connectivity index (χ1v) is 7.33. The van der Waals surface area contributed by atoms with Crippen LogP contribution in [0.3, 0.4) is 0 Å². The van der Waals surface area contributed by atoms with Gasteiger partial charge in [0, 0.05) is 31.7 Å². The summed E-state index contributed by atoms with van der Waals surface area (Å²) >= 11 is 0. The molecule has 114 valence electrons. The number of likely N-dealkylation sites (tertiary alicyclic amines) is 1. The van der Waals surface area contributed by atoms with Gasteiger partial charge in [-0.1, -0.05) is 0 Å². The van der Waals surface area contributed by atoms with Gasteiger partial charge < -0.3 is 25.0 Å². The number of rotatable bonds is 4. The van der Waals surface area contributed by atoms with E-state index < -0.39 is 5.41 Å². The lowest BCUT2D eigenvalue weighted by molar-refractivity contribution is -0.151. The van der Waals surface area contributed by atoms with Crippen molar-refractivity contribution in [3.05, 3.63) is 0 Å². The summed E-state index contributed by atoms with van der Waals surface area (Å²) in [5, 5.41) is 28.5. The van der Waals surface area contributed by atoms with Gasteiger partial charge in [0.1, 0.15) is 0 Å². The summed E-state index contributed by atoms with van der Waals surface area (Å²) in [6.07, 6.45) is 1.14. The molecule has 6 heteroatoms. The zero-order chi connectivity index (χ0) is 14.4. The number of ether oxygens (including phenoxy) is 1. The fraction of sp³-hybridized carbons (Fsp3) is 0.929. The molecular weight excluding hydrogens is 262 g/mol. The van der Waals surface area contributed by atoms with Crippen LogP contribution in [0.5, 0.6) is 0 Å². The lowest BCUT2D eigenvalue weighted by atomic mass is 9.79. The van der Waals surface area contributed by atoms with Crippen molar-refractivity contribution in [1.29, 1.82) is 0 Å². The second-order valence-electron chi connectivity index (χ2n) is 6.52. The van der Waals surface area contributed by atoms with E-state index in [-0.39, 0.29) is 43.0 Å². The number of aliphatic hydroxyl groups is 3. The summed E-state index contributed by atoms with van der Waals surface area (Å²) in [7, 11) is 0. The lowest BCUT2D eigenvalue weighted by Gasteiger charge is -2.38. The summed E-state index contributed by atoms with van der Waals surface area (Å²) < 4.78 is 5.29. The summed E-state index contributed by atoms with van der Waals surface area (Å²) in [6.45, 7) is 2.06. The van der Waals surface area contributed by atoms with Crippen LogP contribution in [0.15, 0.2) is 0 Å². The quantitative estimate of drug-likeness (QED) is 0.606. The van der Waals surface area contributed by atoms with Crippen LogP contribution in [0.1, 0.15) is 12.8 Å². The van der Waals surface area contributed by atoms with Crippen molar-refractivity contribution in [1.82, 2.24) is 4.90 Å². The monoisotopic (exact) mass is 285 g/mol. The maximum atomic E-state index is 12.7. The van der Waals surface area contributed by atoms with E-state index in [1.165, 1.54) is 0 Å². The first-order chi connectivity index (χ1) is 9.63. The average molecular weight is 285 g/mol. The molecule has 2 unspecified atom stereocenters. The highest BCUT2D eigenvalue weighted by atomic mass is 16.5. The third-order valence-electron chi connectivity index (χ3n) is 5.77. The third-order valence-corrected chi connectivity index (χ3v) is 5.77. The molecule has 0 aromatic rings. The van der Waals surface area contributed by atoms with E-state index in [2.05, 4.69) is 0 Å². The smallest absolute Gasteiger partial charge is 0.231 e. The highest BCUT2D eigenvalue weighted by Gasteiger charge is 2.68. The molecule has 0 spiro atoms. The second-order valence-corrected chi connectivity index (χ2v) is 6.52. The number of carbonyl (C=O) groups excluding carboxylic acids is 1. The van der Waals surface area contributed by atoms with E-state index in [0.29, 0.717) is 39.1 Å². The van der Waals surface area contributed by atoms with E-state index in [1.807, 2.05) is 0 Å². The number of fused-ring (bicyclic) bond motifs is 1. The van der Waals surface area contributed by atoms with Crippen LogP contribution in [0, 0.1) is 22.7 Å². The van der Waals surface area contributed by atoms with Crippen molar-refractivity contribution < 1.29 is 24.9 Å². The lowest BCUT2D eigenvalue weighted by Crippen LogP contribution is -2.49. The maximum Gasteiger partial charge on any atom is 0.231 e. The summed E-state index contributed by atoms with van der Waals surface area (Å²) in [4.78, 5) is 14.5. The highest BCUT2D eigenvalue weighted by Crippen LogP contribution is 2.62. The van der Waals surface area contributed by atoms with E-state index in [4.69, 9.17) is 4.74 Å². The Morgan fingerprint density at radius 2 is 1.60 bits per heavy atom. The Bertz CT molecular complexity index is 375. The summed E-state index contributed by atoms with van der Waals surface area (Å²) in [6, 6.07) is 0. The van der Waals surface area contributed by atoms with Crippen LogP contribution in [-0.2, 0) is 9.53 Å². The molecule has 1 aliphatic carbocycles. The van der Waals surface area contributed by atoms with Crippen LogP contribution < -0.4 is 0 Å². The van der Waals surface area contributed by atoms with Crippen LogP contribution in [0.2, 0.25) is 0 Å². The number of hydrogen-bond acceptors (Lipinski definition) is 5. The van der Waals surface area contributed by atoms with Crippen molar-refractivity contribution in [3.8, 4) is 0 Å². The van der Waals surface area contributed by atoms with E-state index in [9.17, 15) is 20.1 Å². The Labute approximate surface area is 118 Å². The highest BCUT2D eigenvalue weighted by molar-refractivity contribution is 5.83. The molecule has 2 heterocycles. The van der Waals surface area contributed by atoms with Gasteiger partial charge in [-0.05, 0) is 24.7 Å². The summed E-state index contributed by atoms with van der Waals surface area (Å²) in [5.74, 6) is 0.425. The Morgan fingerprint density at radius 1 is 1.05 bits per heavy atom. The average Bonchev–Trinajstić information content (AvgIpc) is 2.87. The van der Waals surface area contributed by atoms with Crippen molar-refractivity contribution in [2.45, 2.75) is 12.8 Å². The Balaban J connectivity index is 1.66. The number of carbonyl (C=O) groups is 1. The zero-order valence-electron chi connectivity index (χ0n) is 11.6. The van der Waals surface area contributed by atoms with Gasteiger partial charge in [-0.2, -0.15) is 0 Å².